The fourth-order valence-electron chi connectivity index (χ4n) is 3.25. The minimum Gasteiger partial charge on any atom is -0.393 e. The molecule has 29 heavy (non-hydrogen) atoms. The van der Waals surface area contributed by atoms with Gasteiger partial charge in [-0.05, 0) is 48.2 Å². The number of nitrogens with one attached hydrogen (secondary N) is 1. The number of benzene rings is 2. The van der Waals surface area contributed by atoms with E-state index in [0.29, 0.717) is 5.02 Å². The first-order valence-electron chi connectivity index (χ1n) is 9.55. The Labute approximate surface area is 176 Å². The molecule has 3 rings (SSSR count). The molecule has 0 aromatic heterocycles. The largest absolute Gasteiger partial charge is 0.393 e. The number of nitrogens with zero attached hydrogens (tertiary/aromatic N) is 1. The van der Waals surface area contributed by atoms with Crippen molar-refractivity contribution in [3.05, 3.63) is 64.7 Å². The van der Waals surface area contributed by atoms with Crippen molar-refractivity contribution in [3.63, 3.8) is 0 Å². The molecule has 6 nitrogen and oxygen atoms in total. The maximum atomic E-state index is 12.3. The zero-order valence-electron chi connectivity index (χ0n) is 16.1. The van der Waals surface area contributed by atoms with E-state index in [1.807, 2.05) is 24.3 Å². The number of aliphatic hydroxyl groups is 1. The lowest BCUT2D eigenvalue weighted by Gasteiger charge is -2.29. The molecule has 2 aromatic carbocycles. The van der Waals surface area contributed by atoms with E-state index in [-0.39, 0.29) is 17.5 Å². The molecule has 2 N–H and O–H groups in total. The Bertz CT molecular complexity index is 922. The van der Waals surface area contributed by atoms with E-state index in [1.54, 1.807) is 0 Å². The van der Waals surface area contributed by atoms with Crippen LogP contribution in [-0.2, 0) is 27.7 Å². The zero-order chi connectivity index (χ0) is 20.9. The molecule has 0 unspecified atom stereocenters. The number of rotatable bonds is 7. The van der Waals surface area contributed by atoms with Gasteiger partial charge in [-0.15, -0.1) is 0 Å². The molecule has 0 bridgehead atoms. The van der Waals surface area contributed by atoms with Crippen molar-refractivity contribution >= 4 is 27.3 Å². The van der Waals surface area contributed by atoms with E-state index in [4.69, 9.17) is 11.6 Å². The highest BCUT2D eigenvalue weighted by atomic mass is 35.5. The van der Waals surface area contributed by atoms with E-state index >= 15 is 0 Å². The molecule has 0 saturated carbocycles. The molecule has 1 aliphatic rings. The van der Waals surface area contributed by atoms with Crippen molar-refractivity contribution < 1.29 is 18.3 Å². The molecule has 8 heteroatoms. The molecule has 1 aliphatic heterocycles. The van der Waals surface area contributed by atoms with Crippen molar-refractivity contribution in [1.82, 2.24) is 10.2 Å². The number of halogens is 1. The molecule has 1 fully saturated rings. The summed E-state index contributed by atoms with van der Waals surface area (Å²) in [6.45, 7) is 2.88. The number of carbonyl (C=O) groups excluding carboxylic acids is 1. The summed E-state index contributed by atoms with van der Waals surface area (Å²) in [5, 5.41) is 12.7. The topological polar surface area (TPSA) is 86.7 Å². The highest BCUT2D eigenvalue weighted by Gasteiger charge is 2.19. The van der Waals surface area contributed by atoms with Crippen LogP contribution in [0.3, 0.4) is 0 Å². The Kier molecular flexibility index (Phi) is 7.29. The van der Waals surface area contributed by atoms with E-state index in [2.05, 4.69) is 10.2 Å². The number of likely N-dealkylation sites (tertiary alicyclic amines) is 1. The van der Waals surface area contributed by atoms with Crippen LogP contribution in [-0.4, -0.2) is 49.3 Å². The van der Waals surface area contributed by atoms with Crippen LogP contribution in [0.1, 0.15) is 24.0 Å². The lowest BCUT2D eigenvalue weighted by atomic mass is 10.1. The van der Waals surface area contributed by atoms with Crippen molar-refractivity contribution in [2.75, 3.05) is 18.8 Å². The molecule has 0 spiro atoms. The fraction of sp³-hybridized carbons (Fsp3) is 0.381. The number of hydrogen-bond acceptors (Lipinski definition) is 5. The predicted octanol–water partition coefficient (Wildman–Crippen LogP) is 2.39. The molecule has 1 saturated heterocycles. The highest BCUT2D eigenvalue weighted by molar-refractivity contribution is 7.92. The van der Waals surface area contributed by atoms with E-state index in [1.165, 1.54) is 29.8 Å². The van der Waals surface area contributed by atoms with Crippen LogP contribution in [0.15, 0.2) is 53.4 Å². The van der Waals surface area contributed by atoms with Crippen LogP contribution >= 0.6 is 11.6 Å². The van der Waals surface area contributed by atoms with Crippen LogP contribution in [0, 0.1) is 0 Å². The second-order valence-corrected chi connectivity index (χ2v) is 9.74. The quantitative estimate of drug-likeness (QED) is 0.695. The van der Waals surface area contributed by atoms with Crippen molar-refractivity contribution in [2.45, 2.75) is 36.9 Å². The summed E-state index contributed by atoms with van der Waals surface area (Å²) in [4.78, 5) is 14.5. The van der Waals surface area contributed by atoms with Gasteiger partial charge < -0.3 is 10.4 Å². The van der Waals surface area contributed by atoms with Gasteiger partial charge in [0.05, 0.1) is 11.0 Å². The monoisotopic (exact) mass is 436 g/mol. The first-order valence-corrected chi connectivity index (χ1v) is 11.6. The van der Waals surface area contributed by atoms with Crippen LogP contribution in [0.4, 0.5) is 0 Å². The van der Waals surface area contributed by atoms with Gasteiger partial charge in [-0.25, -0.2) is 8.42 Å². The Morgan fingerprint density at radius 1 is 1.03 bits per heavy atom. The molecular weight excluding hydrogens is 412 g/mol. The third-order valence-electron chi connectivity index (χ3n) is 4.97. The Hall–Kier alpha value is -1.93. The van der Waals surface area contributed by atoms with Crippen molar-refractivity contribution in [2.24, 2.45) is 0 Å². The lowest BCUT2D eigenvalue weighted by molar-refractivity contribution is -0.118. The summed E-state index contributed by atoms with van der Waals surface area (Å²) in [5.74, 6) is -1.15. The molecule has 0 atom stereocenters. The van der Waals surface area contributed by atoms with Crippen LogP contribution < -0.4 is 5.32 Å². The average Bonchev–Trinajstić information content (AvgIpc) is 2.69. The summed E-state index contributed by atoms with van der Waals surface area (Å²) in [5.41, 5.74) is 2.07. The summed E-state index contributed by atoms with van der Waals surface area (Å²) in [6.07, 6.45) is 1.44. The van der Waals surface area contributed by atoms with E-state index in [0.717, 1.165) is 38.0 Å². The van der Waals surface area contributed by atoms with Gasteiger partial charge in [0.2, 0.25) is 5.91 Å². The number of piperidine rings is 1. The molecular formula is C21H25ClN2O4S. The average molecular weight is 437 g/mol. The second-order valence-electron chi connectivity index (χ2n) is 7.31. The molecule has 156 valence electrons. The van der Waals surface area contributed by atoms with Crippen molar-refractivity contribution in [1.29, 1.82) is 0 Å². The smallest absolute Gasteiger partial charge is 0.235 e. The first-order chi connectivity index (χ1) is 13.8. The normalized spacial score (nSPS) is 15.9. The Morgan fingerprint density at radius 2 is 1.62 bits per heavy atom. The SMILES string of the molecule is O=C(CS(=O)(=O)c1ccc(Cl)cc1)NCc1ccc(CN2CCC(O)CC2)cc1. The number of sulfone groups is 1. The zero-order valence-corrected chi connectivity index (χ0v) is 17.6. The predicted molar refractivity (Wildman–Crippen MR) is 112 cm³/mol. The summed E-state index contributed by atoms with van der Waals surface area (Å²) in [7, 11) is -3.70. The fourth-order valence-corrected chi connectivity index (χ4v) is 4.54. The number of aliphatic hydroxyl groups excluding tert-OH is 1. The molecule has 0 radical (unpaired) electrons. The third kappa shape index (κ3) is 6.54. The van der Waals surface area contributed by atoms with Crippen LogP contribution in [0.25, 0.3) is 0 Å². The van der Waals surface area contributed by atoms with E-state index in [9.17, 15) is 18.3 Å². The first kappa shape index (κ1) is 21.8. The van der Waals surface area contributed by atoms with Gasteiger partial charge in [-0.3, -0.25) is 9.69 Å². The Balaban J connectivity index is 1.48. The standard InChI is InChI=1S/C21H25ClN2O4S/c22-18-5-7-20(8-6-18)29(27,28)15-21(26)23-13-16-1-3-17(4-2-16)14-24-11-9-19(25)10-12-24/h1-8,19,25H,9-15H2,(H,23,26). The van der Waals surface area contributed by atoms with Crippen LogP contribution in [0.5, 0.6) is 0 Å². The second kappa shape index (κ2) is 9.71. The molecule has 1 heterocycles. The van der Waals surface area contributed by atoms with Gasteiger partial charge in [0, 0.05) is 31.2 Å². The van der Waals surface area contributed by atoms with Gasteiger partial charge in [0.25, 0.3) is 0 Å². The van der Waals surface area contributed by atoms with Gasteiger partial charge in [0.15, 0.2) is 9.84 Å². The Morgan fingerprint density at radius 3 is 2.24 bits per heavy atom. The van der Waals surface area contributed by atoms with Crippen LogP contribution in [0.2, 0.25) is 5.02 Å². The number of hydrogen-bond donors (Lipinski definition) is 2. The minimum absolute atomic E-state index is 0.0756. The van der Waals surface area contributed by atoms with Gasteiger partial charge in [-0.2, -0.15) is 0 Å². The summed E-state index contributed by atoms with van der Waals surface area (Å²) < 4.78 is 24.6. The van der Waals surface area contributed by atoms with Crippen molar-refractivity contribution in [3.8, 4) is 0 Å². The number of carbonyl (C=O) groups is 1. The van der Waals surface area contributed by atoms with Gasteiger partial charge in [-0.1, -0.05) is 35.9 Å². The van der Waals surface area contributed by atoms with E-state index < -0.39 is 21.5 Å². The van der Waals surface area contributed by atoms with Gasteiger partial charge in [0.1, 0.15) is 5.75 Å². The molecule has 2 aromatic rings. The lowest BCUT2D eigenvalue weighted by Crippen LogP contribution is -2.35. The third-order valence-corrected chi connectivity index (χ3v) is 6.85. The maximum absolute atomic E-state index is 12.3. The highest BCUT2D eigenvalue weighted by Crippen LogP contribution is 2.16. The minimum atomic E-state index is -3.70. The summed E-state index contributed by atoms with van der Waals surface area (Å²) >= 11 is 5.77. The maximum Gasteiger partial charge on any atom is 0.235 e. The number of amides is 1. The van der Waals surface area contributed by atoms with Gasteiger partial charge >= 0.3 is 0 Å². The molecule has 0 aliphatic carbocycles. The molecule has 1 amide bonds. The summed E-state index contributed by atoms with van der Waals surface area (Å²) in [6, 6.07) is 13.7.